The summed E-state index contributed by atoms with van der Waals surface area (Å²) in [4.78, 5) is 0. The predicted molar refractivity (Wildman–Crippen MR) is 186 cm³/mol. The van der Waals surface area contributed by atoms with E-state index in [9.17, 15) is 15.3 Å². The maximum Gasteiger partial charge on any atom is 0.0657 e. The van der Waals surface area contributed by atoms with Crippen LogP contribution in [0.3, 0.4) is 0 Å². The average Bonchev–Trinajstić information content (AvgIpc) is 3.00. The van der Waals surface area contributed by atoms with E-state index >= 15 is 0 Å². The first-order valence-electron chi connectivity index (χ1n) is 20.2. The fraction of sp³-hybridized carbons (Fsp3) is 1.00. The second-order valence-corrected chi connectivity index (χ2v) is 19.6. The normalized spacial score (nSPS) is 56.5. The highest BCUT2D eigenvalue weighted by molar-refractivity contribution is 5.21. The molecule has 3 heteroatoms. The Morgan fingerprint density at radius 2 is 1.29 bits per heavy atom. The van der Waals surface area contributed by atoms with E-state index < -0.39 is 12.2 Å². The molecule has 0 aromatic carbocycles. The van der Waals surface area contributed by atoms with Crippen molar-refractivity contribution in [3.05, 3.63) is 0 Å². The number of hydrogen-bond donors (Lipinski definition) is 3. The molecule has 6 aliphatic rings. The highest BCUT2D eigenvalue weighted by Gasteiger charge is 2.74. The Labute approximate surface area is 278 Å². The number of fused-ring (bicyclic) bond motifs is 3. The molecule has 45 heavy (non-hydrogen) atoms. The molecule has 0 radical (unpaired) electrons. The van der Waals surface area contributed by atoms with Crippen molar-refractivity contribution in [2.24, 2.45) is 93.2 Å². The number of aliphatic hydroxyl groups excluding tert-OH is 3. The van der Waals surface area contributed by atoms with Crippen molar-refractivity contribution in [3.8, 4) is 0 Å². The Bertz CT molecular complexity index is 1010. The van der Waals surface area contributed by atoms with Crippen molar-refractivity contribution in [2.45, 2.75) is 171 Å². The zero-order valence-electron chi connectivity index (χ0n) is 31.0. The lowest BCUT2D eigenvalue weighted by Gasteiger charge is -2.75. The van der Waals surface area contributed by atoms with Crippen molar-refractivity contribution in [1.82, 2.24) is 0 Å². The van der Waals surface area contributed by atoms with Gasteiger partial charge in [0.15, 0.2) is 0 Å². The Kier molecular flexibility index (Phi) is 9.76. The Hall–Kier alpha value is -0.120. The lowest BCUT2D eigenvalue weighted by molar-refractivity contribution is -0.315. The molecule has 6 aliphatic carbocycles. The standard InChI is InChI=1S/C42H74O3/c1-24-23-40(7)29(6)41(8)26(3)34-20-19-33(22-32-17-15-31(16-18-32)21-30-13-11-10-12-14-30)25(2)36(34)38(44)37(41)27(4)42(40,9)39(45)35(24)28(5)43/h24-39,43-45H,10-23H2,1-9H3. The second kappa shape index (κ2) is 12.6. The Balaban J connectivity index is 1.19. The maximum atomic E-state index is 12.7. The van der Waals surface area contributed by atoms with Crippen molar-refractivity contribution in [3.63, 3.8) is 0 Å². The molecule has 0 aromatic rings. The van der Waals surface area contributed by atoms with Crippen LogP contribution in [-0.2, 0) is 0 Å². The first kappa shape index (κ1) is 34.7. The van der Waals surface area contributed by atoms with Gasteiger partial charge < -0.3 is 15.3 Å². The van der Waals surface area contributed by atoms with E-state index in [-0.39, 0.29) is 46.0 Å². The van der Waals surface area contributed by atoms with Gasteiger partial charge in [-0.3, -0.25) is 0 Å². The minimum atomic E-state index is -0.557. The molecule has 0 saturated heterocycles. The van der Waals surface area contributed by atoms with Crippen LogP contribution in [0.4, 0.5) is 0 Å². The van der Waals surface area contributed by atoms with Crippen molar-refractivity contribution >= 4 is 0 Å². The molecule has 0 aliphatic heterocycles. The van der Waals surface area contributed by atoms with Gasteiger partial charge in [-0.1, -0.05) is 113 Å². The largest absolute Gasteiger partial charge is 0.393 e. The minimum absolute atomic E-state index is 0.0363. The zero-order chi connectivity index (χ0) is 32.6. The lowest BCUT2D eigenvalue weighted by atomic mass is 9.30. The van der Waals surface area contributed by atoms with Crippen LogP contribution in [0.15, 0.2) is 0 Å². The van der Waals surface area contributed by atoms with Crippen molar-refractivity contribution in [2.75, 3.05) is 0 Å². The lowest BCUT2D eigenvalue weighted by Crippen LogP contribution is -2.74. The molecule has 0 spiro atoms. The van der Waals surface area contributed by atoms with Gasteiger partial charge in [0.1, 0.15) is 0 Å². The highest BCUT2D eigenvalue weighted by Crippen LogP contribution is 2.76. The average molecular weight is 627 g/mol. The van der Waals surface area contributed by atoms with Gasteiger partial charge in [-0.25, -0.2) is 0 Å². The van der Waals surface area contributed by atoms with E-state index in [2.05, 4.69) is 55.4 Å². The summed E-state index contributed by atoms with van der Waals surface area (Å²) in [6, 6.07) is 0. The summed E-state index contributed by atoms with van der Waals surface area (Å²) < 4.78 is 0. The van der Waals surface area contributed by atoms with Crippen LogP contribution in [0.25, 0.3) is 0 Å². The van der Waals surface area contributed by atoms with E-state index in [1.54, 1.807) is 0 Å². The van der Waals surface area contributed by atoms with Crippen LogP contribution >= 0.6 is 0 Å². The first-order chi connectivity index (χ1) is 21.2. The highest BCUT2D eigenvalue weighted by atomic mass is 16.3. The molecule has 6 fully saturated rings. The van der Waals surface area contributed by atoms with Crippen LogP contribution in [0.1, 0.15) is 152 Å². The first-order valence-corrected chi connectivity index (χ1v) is 20.2. The topological polar surface area (TPSA) is 60.7 Å². The fourth-order valence-electron chi connectivity index (χ4n) is 15.3. The third-order valence-electron chi connectivity index (χ3n) is 18.4. The second-order valence-electron chi connectivity index (χ2n) is 19.6. The molecule has 6 rings (SSSR count). The van der Waals surface area contributed by atoms with Crippen LogP contribution < -0.4 is 0 Å². The molecule has 3 N–H and O–H groups in total. The summed E-state index contributed by atoms with van der Waals surface area (Å²) in [5.41, 5.74) is -0.345. The van der Waals surface area contributed by atoms with Gasteiger partial charge in [0.25, 0.3) is 0 Å². The molecule has 16 unspecified atom stereocenters. The molecule has 0 aromatic heterocycles. The fourth-order valence-corrected chi connectivity index (χ4v) is 15.3. The molecular weight excluding hydrogens is 552 g/mol. The van der Waals surface area contributed by atoms with Gasteiger partial charge in [-0.15, -0.1) is 0 Å². The number of hydrogen-bond acceptors (Lipinski definition) is 3. The summed E-state index contributed by atoms with van der Waals surface area (Å²) in [5.74, 6) is 6.69. The monoisotopic (exact) mass is 627 g/mol. The van der Waals surface area contributed by atoms with Crippen LogP contribution in [-0.4, -0.2) is 33.6 Å². The van der Waals surface area contributed by atoms with Gasteiger partial charge in [0.05, 0.1) is 18.3 Å². The summed E-state index contributed by atoms with van der Waals surface area (Å²) >= 11 is 0. The van der Waals surface area contributed by atoms with Crippen LogP contribution in [0, 0.1) is 93.2 Å². The summed E-state index contributed by atoms with van der Waals surface area (Å²) in [6.45, 7) is 21.5. The van der Waals surface area contributed by atoms with Gasteiger partial charge in [0.2, 0.25) is 0 Å². The smallest absolute Gasteiger partial charge is 0.0657 e. The molecule has 3 nitrogen and oxygen atoms in total. The molecule has 16 atom stereocenters. The van der Waals surface area contributed by atoms with Gasteiger partial charge in [0, 0.05) is 11.3 Å². The third kappa shape index (κ3) is 5.27. The van der Waals surface area contributed by atoms with E-state index in [1.807, 2.05) is 6.92 Å². The quantitative estimate of drug-likeness (QED) is 0.285. The van der Waals surface area contributed by atoms with Gasteiger partial charge in [-0.2, -0.15) is 0 Å². The minimum Gasteiger partial charge on any atom is -0.393 e. The summed E-state index contributed by atoms with van der Waals surface area (Å²) in [7, 11) is 0. The molecule has 260 valence electrons. The van der Waals surface area contributed by atoms with E-state index in [4.69, 9.17) is 0 Å². The van der Waals surface area contributed by atoms with E-state index in [0.29, 0.717) is 29.6 Å². The van der Waals surface area contributed by atoms with Crippen LogP contribution in [0.5, 0.6) is 0 Å². The number of rotatable bonds is 5. The van der Waals surface area contributed by atoms with Crippen LogP contribution in [0.2, 0.25) is 0 Å². The summed E-state index contributed by atoms with van der Waals surface area (Å²) in [5, 5.41) is 35.8. The van der Waals surface area contributed by atoms with Crippen molar-refractivity contribution in [1.29, 1.82) is 0 Å². The predicted octanol–water partition coefficient (Wildman–Crippen LogP) is 9.76. The van der Waals surface area contributed by atoms with Gasteiger partial charge in [-0.05, 0) is 121 Å². The Morgan fingerprint density at radius 3 is 1.89 bits per heavy atom. The molecule has 0 bridgehead atoms. The van der Waals surface area contributed by atoms with Crippen molar-refractivity contribution < 1.29 is 15.3 Å². The Morgan fingerprint density at radius 1 is 0.711 bits per heavy atom. The molecule has 0 amide bonds. The molecular formula is C42H74O3. The molecule has 0 heterocycles. The molecule has 6 saturated carbocycles. The number of aliphatic hydroxyl groups is 3. The van der Waals surface area contributed by atoms with E-state index in [0.717, 1.165) is 30.1 Å². The third-order valence-corrected chi connectivity index (χ3v) is 18.4. The SMILES string of the molecule is CC(O)C1C(C)CC2(C)C(C)C3(C)C(C)C4CCC(CC5CCC(CC6CCCCC6)CC5)C(C)C4C(O)C3C(C)C2(C)C1O. The zero-order valence-corrected chi connectivity index (χ0v) is 31.0. The van der Waals surface area contributed by atoms with E-state index in [1.165, 1.54) is 83.5 Å². The maximum absolute atomic E-state index is 12.7. The van der Waals surface area contributed by atoms with Gasteiger partial charge >= 0.3 is 0 Å². The summed E-state index contributed by atoms with van der Waals surface area (Å²) in [6.07, 6.45) is 18.4.